The highest BCUT2D eigenvalue weighted by Gasteiger charge is 2.25. The first-order chi connectivity index (χ1) is 7.58. The van der Waals surface area contributed by atoms with Crippen LogP contribution >= 0.6 is 27.5 Å². The van der Waals surface area contributed by atoms with E-state index in [1.165, 1.54) is 0 Å². The third-order valence-electron chi connectivity index (χ3n) is 3.07. The third-order valence-corrected chi connectivity index (χ3v) is 4.13. The molecule has 2 rings (SSSR count). The fourth-order valence-electron chi connectivity index (χ4n) is 2.07. The van der Waals surface area contributed by atoms with E-state index in [1.807, 2.05) is 19.1 Å². The molecule has 0 radical (unpaired) electrons. The van der Waals surface area contributed by atoms with E-state index in [0.29, 0.717) is 0 Å². The zero-order valence-electron chi connectivity index (χ0n) is 9.13. The molecule has 0 saturated heterocycles. The van der Waals surface area contributed by atoms with Crippen LogP contribution in [0.1, 0.15) is 24.8 Å². The van der Waals surface area contributed by atoms with Gasteiger partial charge in [0.2, 0.25) is 0 Å². The summed E-state index contributed by atoms with van der Waals surface area (Å²) in [6.07, 6.45) is 2.73. The van der Waals surface area contributed by atoms with Crippen LogP contribution in [0.5, 0.6) is 0 Å². The van der Waals surface area contributed by atoms with Crippen molar-refractivity contribution in [1.82, 2.24) is 0 Å². The molecule has 1 aromatic rings. The number of aliphatic hydroxyl groups excluding tert-OH is 1. The minimum Gasteiger partial charge on any atom is -0.391 e. The maximum atomic E-state index is 9.75. The number of hydrogen-bond donors (Lipinski definition) is 2. The Balaban J connectivity index is 2.18. The van der Waals surface area contributed by atoms with Gasteiger partial charge in [0.25, 0.3) is 0 Å². The molecule has 1 aromatic carbocycles. The van der Waals surface area contributed by atoms with E-state index in [9.17, 15) is 5.11 Å². The molecule has 88 valence electrons. The molecule has 2 atom stereocenters. The zero-order valence-corrected chi connectivity index (χ0v) is 11.5. The van der Waals surface area contributed by atoms with Crippen molar-refractivity contribution in [2.75, 3.05) is 5.32 Å². The van der Waals surface area contributed by atoms with E-state index in [-0.39, 0.29) is 12.1 Å². The molecular weight excluding hydrogens is 289 g/mol. The molecule has 0 spiro atoms. The molecule has 1 aliphatic carbocycles. The molecule has 1 fully saturated rings. The fourth-order valence-corrected chi connectivity index (χ4v) is 2.80. The first-order valence-corrected chi connectivity index (χ1v) is 6.65. The minimum atomic E-state index is -0.244. The molecule has 16 heavy (non-hydrogen) atoms. The van der Waals surface area contributed by atoms with Gasteiger partial charge in [-0.1, -0.05) is 11.6 Å². The maximum Gasteiger partial charge on any atom is 0.0741 e. The van der Waals surface area contributed by atoms with Crippen LogP contribution in [-0.2, 0) is 0 Å². The summed E-state index contributed by atoms with van der Waals surface area (Å²) < 4.78 is 0.994. The molecule has 0 unspecified atom stereocenters. The lowest BCUT2D eigenvalue weighted by atomic mass is 10.1. The topological polar surface area (TPSA) is 32.3 Å². The van der Waals surface area contributed by atoms with Crippen molar-refractivity contribution in [3.8, 4) is 0 Å². The van der Waals surface area contributed by atoms with Crippen molar-refractivity contribution in [1.29, 1.82) is 0 Å². The summed E-state index contributed by atoms with van der Waals surface area (Å²) in [7, 11) is 0. The molecule has 1 aliphatic rings. The van der Waals surface area contributed by atoms with Crippen LogP contribution in [0.4, 0.5) is 5.69 Å². The number of benzene rings is 1. The molecule has 0 aromatic heterocycles. The van der Waals surface area contributed by atoms with Crippen LogP contribution in [0, 0.1) is 6.92 Å². The molecule has 0 heterocycles. The molecule has 0 bridgehead atoms. The average Bonchev–Trinajstić information content (AvgIpc) is 2.61. The number of aryl methyl sites for hydroxylation is 1. The Hall–Kier alpha value is -0.250. The minimum absolute atomic E-state index is 0.148. The second kappa shape index (κ2) is 4.94. The summed E-state index contributed by atoms with van der Waals surface area (Å²) in [6.45, 7) is 1.97. The summed E-state index contributed by atoms with van der Waals surface area (Å²) in [5, 5.41) is 13.8. The van der Waals surface area contributed by atoms with Gasteiger partial charge in [0, 0.05) is 9.50 Å². The van der Waals surface area contributed by atoms with Gasteiger partial charge in [0.1, 0.15) is 0 Å². The van der Waals surface area contributed by atoms with Crippen molar-refractivity contribution in [3.63, 3.8) is 0 Å². The van der Waals surface area contributed by atoms with Crippen LogP contribution in [0.25, 0.3) is 0 Å². The van der Waals surface area contributed by atoms with Gasteiger partial charge in [-0.05, 0) is 59.8 Å². The van der Waals surface area contributed by atoms with E-state index in [0.717, 1.165) is 40.0 Å². The quantitative estimate of drug-likeness (QED) is 0.872. The van der Waals surface area contributed by atoms with Gasteiger partial charge < -0.3 is 10.4 Å². The van der Waals surface area contributed by atoms with Crippen LogP contribution in [0.2, 0.25) is 5.02 Å². The summed E-state index contributed by atoms with van der Waals surface area (Å²) >= 11 is 9.59. The summed E-state index contributed by atoms with van der Waals surface area (Å²) in [4.78, 5) is 0. The lowest BCUT2D eigenvalue weighted by Crippen LogP contribution is -2.28. The van der Waals surface area contributed by atoms with Gasteiger partial charge in [0.05, 0.1) is 17.8 Å². The van der Waals surface area contributed by atoms with Gasteiger partial charge in [0.15, 0.2) is 0 Å². The van der Waals surface area contributed by atoms with Crippen molar-refractivity contribution in [3.05, 3.63) is 27.2 Å². The SMILES string of the molecule is Cc1cc(Br)c(N[C@@H]2CCC[C@H]2O)cc1Cl. The molecule has 2 nitrogen and oxygen atoms in total. The van der Waals surface area contributed by atoms with Crippen LogP contribution in [0.3, 0.4) is 0 Å². The summed E-state index contributed by atoms with van der Waals surface area (Å²) in [5.74, 6) is 0. The Morgan fingerprint density at radius 1 is 1.44 bits per heavy atom. The highest BCUT2D eigenvalue weighted by atomic mass is 79.9. The fraction of sp³-hybridized carbons (Fsp3) is 0.500. The predicted octanol–water partition coefficient (Wildman–Crippen LogP) is 3.74. The Morgan fingerprint density at radius 3 is 2.81 bits per heavy atom. The summed E-state index contributed by atoms with van der Waals surface area (Å²) in [5.41, 5.74) is 2.01. The Bertz CT molecular complexity index is 397. The summed E-state index contributed by atoms with van der Waals surface area (Å²) in [6, 6.07) is 4.05. The highest BCUT2D eigenvalue weighted by Crippen LogP contribution is 2.32. The number of rotatable bonds is 2. The van der Waals surface area contributed by atoms with Crippen LogP contribution in [-0.4, -0.2) is 17.3 Å². The molecule has 2 N–H and O–H groups in total. The van der Waals surface area contributed by atoms with Gasteiger partial charge in [-0.25, -0.2) is 0 Å². The number of aliphatic hydroxyl groups is 1. The zero-order chi connectivity index (χ0) is 11.7. The van der Waals surface area contributed by atoms with Crippen molar-refractivity contribution in [2.24, 2.45) is 0 Å². The predicted molar refractivity (Wildman–Crippen MR) is 71.2 cm³/mol. The van der Waals surface area contributed by atoms with E-state index in [4.69, 9.17) is 11.6 Å². The normalized spacial score (nSPS) is 24.8. The monoisotopic (exact) mass is 303 g/mol. The number of nitrogens with one attached hydrogen (secondary N) is 1. The van der Waals surface area contributed by atoms with Crippen molar-refractivity contribution in [2.45, 2.75) is 38.3 Å². The first kappa shape index (κ1) is 12.2. The van der Waals surface area contributed by atoms with Crippen molar-refractivity contribution < 1.29 is 5.11 Å². The average molecular weight is 305 g/mol. The highest BCUT2D eigenvalue weighted by molar-refractivity contribution is 9.10. The Morgan fingerprint density at radius 2 is 2.19 bits per heavy atom. The smallest absolute Gasteiger partial charge is 0.0741 e. The molecule has 4 heteroatoms. The number of hydrogen-bond acceptors (Lipinski definition) is 2. The van der Waals surface area contributed by atoms with E-state index in [1.54, 1.807) is 0 Å². The molecule has 0 amide bonds. The third kappa shape index (κ3) is 2.53. The standard InChI is InChI=1S/C12H15BrClNO/c1-7-5-8(13)11(6-9(7)14)15-10-3-2-4-12(10)16/h5-6,10,12,15-16H,2-4H2,1H3/t10-,12-/m1/s1. The van der Waals surface area contributed by atoms with Gasteiger partial charge in [-0.15, -0.1) is 0 Å². The Kier molecular flexibility index (Phi) is 3.77. The van der Waals surface area contributed by atoms with Gasteiger partial charge in [-0.3, -0.25) is 0 Å². The Labute approximate surface area is 109 Å². The lowest BCUT2D eigenvalue weighted by Gasteiger charge is -2.19. The largest absolute Gasteiger partial charge is 0.391 e. The molecule has 0 aliphatic heterocycles. The number of anilines is 1. The first-order valence-electron chi connectivity index (χ1n) is 5.48. The number of halogens is 2. The second-order valence-corrected chi connectivity index (χ2v) is 5.59. The van der Waals surface area contributed by atoms with Crippen LogP contribution < -0.4 is 5.32 Å². The molecular formula is C12H15BrClNO. The van der Waals surface area contributed by atoms with E-state index in [2.05, 4.69) is 21.2 Å². The maximum absolute atomic E-state index is 9.75. The van der Waals surface area contributed by atoms with E-state index >= 15 is 0 Å². The second-order valence-electron chi connectivity index (χ2n) is 4.33. The lowest BCUT2D eigenvalue weighted by molar-refractivity contribution is 0.172. The molecule has 1 saturated carbocycles. The van der Waals surface area contributed by atoms with Gasteiger partial charge >= 0.3 is 0 Å². The van der Waals surface area contributed by atoms with E-state index < -0.39 is 0 Å². The van der Waals surface area contributed by atoms with Gasteiger partial charge in [-0.2, -0.15) is 0 Å². The van der Waals surface area contributed by atoms with Crippen LogP contribution in [0.15, 0.2) is 16.6 Å². The van der Waals surface area contributed by atoms with Crippen molar-refractivity contribution >= 4 is 33.2 Å².